The first-order valence-electron chi connectivity index (χ1n) is 4.37. The van der Waals surface area contributed by atoms with Gasteiger partial charge in [0.2, 0.25) is 0 Å². The number of benzene rings is 1. The third kappa shape index (κ3) is 2.53. The SMILES string of the molecule is CC(=O)C(C)c1cc(Cl)ccc1[N+](=O)[O-]. The summed E-state index contributed by atoms with van der Waals surface area (Å²) in [4.78, 5) is 21.4. The van der Waals surface area contributed by atoms with Gasteiger partial charge in [-0.15, -0.1) is 0 Å². The maximum atomic E-state index is 11.2. The number of Topliss-reactive ketones (excluding diaryl/α,β-unsaturated/α-hetero) is 1. The van der Waals surface area contributed by atoms with Gasteiger partial charge in [0, 0.05) is 22.6 Å². The van der Waals surface area contributed by atoms with Crippen molar-refractivity contribution < 1.29 is 9.72 Å². The van der Waals surface area contributed by atoms with Crippen molar-refractivity contribution in [3.8, 4) is 0 Å². The molecule has 15 heavy (non-hydrogen) atoms. The summed E-state index contributed by atoms with van der Waals surface area (Å²) in [6, 6.07) is 4.22. The molecule has 0 fully saturated rings. The molecule has 0 saturated carbocycles. The summed E-state index contributed by atoms with van der Waals surface area (Å²) in [6.45, 7) is 3.02. The van der Waals surface area contributed by atoms with Crippen molar-refractivity contribution >= 4 is 23.1 Å². The van der Waals surface area contributed by atoms with Gasteiger partial charge in [-0.05, 0) is 19.1 Å². The van der Waals surface area contributed by atoms with Crippen LogP contribution in [0.25, 0.3) is 0 Å². The van der Waals surface area contributed by atoms with Crippen LogP contribution < -0.4 is 0 Å². The molecular weight excluding hydrogens is 218 g/mol. The van der Waals surface area contributed by atoms with Crippen molar-refractivity contribution in [3.63, 3.8) is 0 Å². The number of nitro benzene ring substituents is 1. The van der Waals surface area contributed by atoms with Crippen LogP contribution in [0.2, 0.25) is 5.02 Å². The van der Waals surface area contributed by atoms with Crippen molar-refractivity contribution in [1.29, 1.82) is 0 Å². The highest BCUT2D eigenvalue weighted by molar-refractivity contribution is 6.30. The average Bonchev–Trinajstić information content (AvgIpc) is 2.15. The van der Waals surface area contributed by atoms with Crippen molar-refractivity contribution in [2.24, 2.45) is 0 Å². The number of ketones is 1. The summed E-state index contributed by atoms with van der Waals surface area (Å²) >= 11 is 5.74. The molecule has 0 radical (unpaired) electrons. The summed E-state index contributed by atoms with van der Waals surface area (Å²) in [7, 11) is 0. The van der Waals surface area contributed by atoms with E-state index in [4.69, 9.17) is 11.6 Å². The Kier molecular flexibility index (Phi) is 3.42. The number of carbonyl (C=O) groups excluding carboxylic acids is 1. The zero-order valence-corrected chi connectivity index (χ0v) is 9.12. The third-order valence-electron chi connectivity index (χ3n) is 2.26. The second-order valence-corrected chi connectivity index (χ2v) is 3.73. The summed E-state index contributed by atoms with van der Waals surface area (Å²) in [6.07, 6.45) is 0. The van der Waals surface area contributed by atoms with Gasteiger partial charge in [0.15, 0.2) is 0 Å². The quantitative estimate of drug-likeness (QED) is 0.589. The van der Waals surface area contributed by atoms with Gasteiger partial charge >= 0.3 is 0 Å². The number of nitrogens with zero attached hydrogens (tertiary/aromatic N) is 1. The molecule has 5 heteroatoms. The molecule has 0 aromatic heterocycles. The summed E-state index contributed by atoms with van der Waals surface area (Å²) in [5.74, 6) is -0.635. The van der Waals surface area contributed by atoms with Crippen LogP contribution in [-0.2, 0) is 4.79 Å². The lowest BCUT2D eigenvalue weighted by atomic mass is 9.96. The summed E-state index contributed by atoms with van der Waals surface area (Å²) in [5.41, 5.74) is 0.294. The maximum absolute atomic E-state index is 11.2. The lowest BCUT2D eigenvalue weighted by molar-refractivity contribution is -0.385. The van der Waals surface area contributed by atoms with Crippen LogP contribution in [0.3, 0.4) is 0 Å². The second kappa shape index (κ2) is 4.40. The molecule has 4 nitrogen and oxygen atoms in total. The predicted molar refractivity (Wildman–Crippen MR) is 57.2 cm³/mol. The standard InChI is InChI=1S/C10H10ClNO3/c1-6(7(2)13)9-5-8(11)3-4-10(9)12(14)15/h3-6H,1-2H3. The van der Waals surface area contributed by atoms with Gasteiger partial charge in [-0.3, -0.25) is 14.9 Å². The molecule has 0 aliphatic carbocycles. The molecule has 0 spiro atoms. The van der Waals surface area contributed by atoms with Gasteiger partial charge in [0.25, 0.3) is 5.69 Å². The van der Waals surface area contributed by atoms with E-state index in [-0.39, 0.29) is 11.5 Å². The minimum absolute atomic E-state index is 0.0675. The molecule has 1 aromatic rings. The van der Waals surface area contributed by atoms with Gasteiger partial charge in [-0.2, -0.15) is 0 Å². The second-order valence-electron chi connectivity index (χ2n) is 3.29. The Morgan fingerprint density at radius 1 is 1.53 bits per heavy atom. The minimum Gasteiger partial charge on any atom is -0.299 e. The van der Waals surface area contributed by atoms with Crippen molar-refractivity contribution in [3.05, 3.63) is 38.9 Å². The molecule has 0 aliphatic rings. The van der Waals surface area contributed by atoms with Crippen LogP contribution >= 0.6 is 11.6 Å². The zero-order chi connectivity index (χ0) is 11.6. The van der Waals surface area contributed by atoms with E-state index in [1.807, 2.05) is 0 Å². The smallest absolute Gasteiger partial charge is 0.273 e. The number of rotatable bonds is 3. The third-order valence-corrected chi connectivity index (χ3v) is 2.50. The normalized spacial score (nSPS) is 12.2. The molecule has 1 rings (SSSR count). The zero-order valence-electron chi connectivity index (χ0n) is 8.36. The van der Waals surface area contributed by atoms with Crippen molar-refractivity contribution in [2.75, 3.05) is 0 Å². The molecule has 0 saturated heterocycles. The number of hydrogen-bond donors (Lipinski definition) is 0. The molecule has 0 bridgehead atoms. The molecule has 1 atom stereocenters. The number of halogens is 1. The molecule has 0 amide bonds. The Balaban J connectivity index is 3.30. The van der Waals surface area contributed by atoms with E-state index in [1.54, 1.807) is 6.92 Å². The molecule has 1 unspecified atom stereocenters. The fourth-order valence-electron chi connectivity index (χ4n) is 1.26. The molecule has 0 heterocycles. The van der Waals surface area contributed by atoms with Crippen LogP contribution in [0.4, 0.5) is 5.69 Å². The molecule has 0 aliphatic heterocycles. The number of nitro groups is 1. The topological polar surface area (TPSA) is 60.2 Å². The van der Waals surface area contributed by atoms with Crippen LogP contribution in [-0.4, -0.2) is 10.7 Å². The Morgan fingerprint density at radius 3 is 2.60 bits per heavy atom. The highest BCUT2D eigenvalue weighted by Gasteiger charge is 2.21. The highest BCUT2D eigenvalue weighted by atomic mass is 35.5. The van der Waals surface area contributed by atoms with Gasteiger partial charge in [-0.25, -0.2) is 0 Å². The number of carbonyl (C=O) groups is 1. The van der Waals surface area contributed by atoms with Crippen LogP contribution in [0, 0.1) is 10.1 Å². The summed E-state index contributed by atoms with van der Waals surface area (Å²) < 4.78 is 0. The average molecular weight is 228 g/mol. The predicted octanol–water partition coefficient (Wildman–Crippen LogP) is 2.94. The van der Waals surface area contributed by atoms with E-state index >= 15 is 0 Å². The van der Waals surface area contributed by atoms with Crippen molar-refractivity contribution in [2.45, 2.75) is 19.8 Å². The Hall–Kier alpha value is -1.42. The first-order chi connectivity index (χ1) is 6.93. The Bertz CT molecular complexity index is 417. The molecular formula is C10H10ClNO3. The van der Waals surface area contributed by atoms with E-state index in [9.17, 15) is 14.9 Å². The van der Waals surface area contributed by atoms with Gasteiger partial charge in [0.1, 0.15) is 5.78 Å². The van der Waals surface area contributed by atoms with Gasteiger partial charge < -0.3 is 0 Å². The fourth-order valence-corrected chi connectivity index (χ4v) is 1.44. The first-order valence-corrected chi connectivity index (χ1v) is 4.75. The largest absolute Gasteiger partial charge is 0.299 e. The molecule has 80 valence electrons. The van der Waals surface area contributed by atoms with Gasteiger partial charge in [0.05, 0.1) is 4.92 Å². The minimum atomic E-state index is -0.510. The van der Waals surface area contributed by atoms with E-state index < -0.39 is 10.8 Å². The van der Waals surface area contributed by atoms with Crippen molar-refractivity contribution in [1.82, 2.24) is 0 Å². The summed E-state index contributed by atoms with van der Waals surface area (Å²) in [5, 5.41) is 11.1. The van der Waals surface area contributed by atoms with E-state index in [0.717, 1.165) is 0 Å². The molecule has 1 aromatic carbocycles. The Labute approximate surface area is 92.0 Å². The number of hydrogen-bond acceptors (Lipinski definition) is 3. The first kappa shape index (κ1) is 11.7. The fraction of sp³-hybridized carbons (Fsp3) is 0.300. The van der Waals surface area contributed by atoms with Crippen LogP contribution in [0.1, 0.15) is 25.3 Å². The van der Waals surface area contributed by atoms with Gasteiger partial charge in [-0.1, -0.05) is 18.5 Å². The van der Waals surface area contributed by atoms with E-state index in [0.29, 0.717) is 10.6 Å². The van der Waals surface area contributed by atoms with Crippen LogP contribution in [0.15, 0.2) is 18.2 Å². The Morgan fingerprint density at radius 2 is 2.13 bits per heavy atom. The van der Waals surface area contributed by atoms with Crippen LogP contribution in [0.5, 0.6) is 0 Å². The maximum Gasteiger partial charge on any atom is 0.273 e. The lowest BCUT2D eigenvalue weighted by Gasteiger charge is -2.08. The lowest BCUT2D eigenvalue weighted by Crippen LogP contribution is -2.07. The molecule has 0 N–H and O–H groups in total. The highest BCUT2D eigenvalue weighted by Crippen LogP contribution is 2.29. The monoisotopic (exact) mass is 227 g/mol. The van der Waals surface area contributed by atoms with E-state index in [1.165, 1.54) is 25.1 Å². The van der Waals surface area contributed by atoms with E-state index in [2.05, 4.69) is 0 Å².